The molecule has 0 aliphatic heterocycles. The lowest BCUT2D eigenvalue weighted by Gasteiger charge is -2.20. The van der Waals surface area contributed by atoms with Gasteiger partial charge in [0.2, 0.25) is 11.2 Å². The maximum Gasteiger partial charge on any atom is 0.332 e. The molecule has 2 aromatic heterocycles. The molecule has 0 bridgehead atoms. The third-order valence-corrected chi connectivity index (χ3v) is 4.48. The molecule has 9 nitrogen and oxygen atoms in total. The van der Waals surface area contributed by atoms with Crippen LogP contribution in [0.3, 0.4) is 0 Å². The van der Waals surface area contributed by atoms with Crippen molar-refractivity contribution in [2.75, 3.05) is 11.4 Å². The maximum atomic E-state index is 12.8. The van der Waals surface area contributed by atoms with E-state index in [-0.39, 0.29) is 29.5 Å². The van der Waals surface area contributed by atoms with Crippen LogP contribution in [0.4, 0.5) is 5.69 Å². The minimum absolute atomic E-state index is 0.0444. The Bertz CT molecular complexity index is 1190. The molecule has 0 fully saturated rings. The number of amides is 1. The normalized spacial score (nSPS) is 10.7. The maximum absolute atomic E-state index is 12.8. The number of para-hydroxylation sites is 1. The molecule has 0 aliphatic rings. The number of nitriles is 1. The summed E-state index contributed by atoms with van der Waals surface area (Å²) in [4.78, 5) is 42.8. The van der Waals surface area contributed by atoms with Crippen LogP contribution in [0.5, 0.6) is 0 Å². The summed E-state index contributed by atoms with van der Waals surface area (Å²) in [5, 5.41) is 8.97. The Kier molecular flexibility index (Phi) is 4.83. The summed E-state index contributed by atoms with van der Waals surface area (Å²) in [6.45, 7) is -0.469. The number of carbonyl (C=O) groups excluding carboxylic acids is 1. The van der Waals surface area contributed by atoms with Crippen LogP contribution in [0.2, 0.25) is 5.28 Å². The average Bonchev–Trinajstić information content (AvgIpc) is 2.99. The van der Waals surface area contributed by atoms with Gasteiger partial charge < -0.3 is 0 Å². The number of imidazole rings is 1. The van der Waals surface area contributed by atoms with Gasteiger partial charge in [0.15, 0.2) is 11.2 Å². The number of halogens is 1. The van der Waals surface area contributed by atoms with Crippen LogP contribution in [-0.4, -0.2) is 31.1 Å². The van der Waals surface area contributed by atoms with Crippen molar-refractivity contribution in [2.45, 2.75) is 6.54 Å². The van der Waals surface area contributed by atoms with Crippen LogP contribution < -0.4 is 16.1 Å². The molecular weight excluding hydrogens is 372 g/mol. The molecule has 0 atom stereocenters. The molecule has 10 heteroatoms. The van der Waals surface area contributed by atoms with Gasteiger partial charge in [0.25, 0.3) is 5.56 Å². The minimum atomic E-state index is -0.605. The molecule has 3 aromatic rings. The number of fused-ring (bicyclic) bond motifs is 1. The molecule has 1 amide bonds. The molecule has 3 rings (SSSR count). The topological polar surface area (TPSA) is 106 Å². The SMILES string of the molecule is Cn1c(=O)c2c(nc(Cl)n2CC(=O)N(CC#N)c2ccccc2)n(C)c1=O. The number of hydrogen-bond donors (Lipinski definition) is 0. The van der Waals surface area contributed by atoms with Crippen LogP contribution in [0.25, 0.3) is 11.2 Å². The van der Waals surface area contributed by atoms with Crippen molar-refractivity contribution in [1.29, 1.82) is 5.26 Å². The van der Waals surface area contributed by atoms with Gasteiger partial charge in [-0.1, -0.05) is 18.2 Å². The van der Waals surface area contributed by atoms with Gasteiger partial charge in [-0.15, -0.1) is 0 Å². The lowest BCUT2D eigenvalue weighted by Crippen LogP contribution is -2.38. The summed E-state index contributed by atoms with van der Waals surface area (Å²) in [7, 11) is 2.80. The van der Waals surface area contributed by atoms with Gasteiger partial charge in [0.05, 0.1) is 6.07 Å². The fraction of sp³-hybridized carbons (Fsp3) is 0.235. The third kappa shape index (κ3) is 3.11. The van der Waals surface area contributed by atoms with Crippen molar-refractivity contribution < 1.29 is 4.79 Å². The Morgan fingerprint density at radius 3 is 2.52 bits per heavy atom. The molecule has 2 heterocycles. The summed E-state index contributed by atoms with van der Waals surface area (Å²) in [6, 6.07) is 10.6. The van der Waals surface area contributed by atoms with Crippen molar-refractivity contribution in [3.8, 4) is 6.07 Å². The monoisotopic (exact) mass is 386 g/mol. The summed E-state index contributed by atoms with van der Waals surface area (Å²) in [5.41, 5.74) is -0.470. The highest BCUT2D eigenvalue weighted by molar-refractivity contribution is 6.29. The smallest absolute Gasteiger partial charge is 0.299 e. The molecule has 0 saturated carbocycles. The number of aromatic nitrogens is 4. The highest BCUT2D eigenvalue weighted by Gasteiger charge is 2.22. The number of benzene rings is 1. The number of anilines is 1. The van der Waals surface area contributed by atoms with E-state index in [1.807, 2.05) is 6.07 Å². The molecule has 1 aromatic carbocycles. The van der Waals surface area contributed by atoms with Gasteiger partial charge in [-0.25, -0.2) is 4.79 Å². The fourth-order valence-electron chi connectivity index (χ4n) is 2.79. The Hall–Kier alpha value is -3.38. The van der Waals surface area contributed by atoms with Crippen LogP contribution in [-0.2, 0) is 25.4 Å². The highest BCUT2D eigenvalue weighted by atomic mass is 35.5. The first-order valence-corrected chi connectivity index (χ1v) is 8.28. The third-order valence-electron chi connectivity index (χ3n) is 4.19. The zero-order valence-corrected chi connectivity index (χ0v) is 15.3. The van der Waals surface area contributed by atoms with E-state index in [4.69, 9.17) is 16.9 Å². The zero-order valence-electron chi connectivity index (χ0n) is 14.6. The van der Waals surface area contributed by atoms with Crippen LogP contribution in [0.15, 0.2) is 39.9 Å². The van der Waals surface area contributed by atoms with Crippen LogP contribution in [0, 0.1) is 11.3 Å². The van der Waals surface area contributed by atoms with Crippen molar-refractivity contribution in [1.82, 2.24) is 18.7 Å². The first-order valence-electron chi connectivity index (χ1n) is 7.91. The van der Waals surface area contributed by atoms with E-state index in [2.05, 4.69) is 4.98 Å². The lowest BCUT2D eigenvalue weighted by atomic mass is 10.3. The van der Waals surface area contributed by atoms with Gasteiger partial charge in [-0.3, -0.25) is 28.2 Å². The second-order valence-electron chi connectivity index (χ2n) is 5.82. The van der Waals surface area contributed by atoms with E-state index < -0.39 is 17.2 Å². The Morgan fingerprint density at radius 1 is 1.22 bits per heavy atom. The van der Waals surface area contributed by atoms with Crippen LogP contribution in [0.1, 0.15) is 0 Å². The predicted molar refractivity (Wildman–Crippen MR) is 99.6 cm³/mol. The molecular formula is C17H15ClN6O3. The lowest BCUT2D eigenvalue weighted by molar-refractivity contribution is -0.119. The number of carbonyl (C=O) groups is 1. The fourth-order valence-corrected chi connectivity index (χ4v) is 3.01. The summed E-state index contributed by atoms with van der Waals surface area (Å²) < 4.78 is 3.35. The second-order valence-corrected chi connectivity index (χ2v) is 6.16. The second kappa shape index (κ2) is 7.09. The summed E-state index contributed by atoms with van der Waals surface area (Å²) >= 11 is 6.14. The van der Waals surface area contributed by atoms with Gasteiger partial charge in [0.1, 0.15) is 13.1 Å². The van der Waals surface area contributed by atoms with Crippen molar-refractivity contribution >= 4 is 34.4 Å². The largest absolute Gasteiger partial charge is 0.332 e. The van der Waals surface area contributed by atoms with Gasteiger partial charge in [-0.2, -0.15) is 10.2 Å². The first-order chi connectivity index (χ1) is 12.9. The minimum Gasteiger partial charge on any atom is -0.299 e. The molecule has 27 heavy (non-hydrogen) atoms. The number of nitrogens with zero attached hydrogens (tertiary/aromatic N) is 6. The first kappa shape index (κ1) is 18.4. The van der Waals surface area contributed by atoms with Gasteiger partial charge in [-0.05, 0) is 23.7 Å². The molecule has 0 radical (unpaired) electrons. The predicted octanol–water partition coefficient (Wildman–Crippen LogP) is 0.644. The van der Waals surface area contributed by atoms with E-state index >= 15 is 0 Å². The average molecular weight is 387 g/mol. The number of hydrogen-bond acceptors (Lipinski definition) is 5. The Balaban J connectivity index is 2.10. The van der Waals surface area contributed by atoms with Gasteiger partial charge in [0, 0.05) is 19.8 Å². The standard InChI is InChI=1S/C17H15ClN6O3/c1-21-14-13(15(26)22(2)17(21)27)24(16(18)20-14)10-12(25)23(9-8-19)11-6-4-3-5-7-11/h3-7H,9-10H2,1-2H3. The van der Waals surface area contributed by atoms with Crippen molar-refractivity contribution in [2.24, 2.45) is 14.1 Å². The molecule has 138 valence electrons. The highest BCUT2D eigenvalue weighted by Crippen LogP contribution is 2.18. The Labute approximate surface area is 158 Å². The Morgan fingerprint density at radius 2 is 1.89 bits per heavy atom. The summed E-state index contributed by atoms with van der Waals surface area (Å²) in [5.74, 6) is -0.445. The quantitative estimate of drug-likeness (QED) is 0.483. The van der Waals surface area contributed by atoms with E-state index in [1.54, 1.807) is 30.3 Å². The van der Waals surface area contributed by atoms with E-state index in [0.717, 1.165) is 4.57 Å². The summed E-state index contributed by atoms with van der Waals surface area (Å²) in [6.07, 6.45) is 0. The molecule has 0 spiro atoms. The van der Waals surface area contributed by atoms with E-state index in [0.29, 0.717) is 5.69 Å². The number of aryl methyl sites for hydroxylation is 1. The van der Waals surface area contributed by atoms with Crippen molar-refractivity contribution in [3.05, 3.63) is 56.5 Å². The van der Waals surface area contributed by atoms with Crippen LogP contribution >= 0.6 is 11.6 Å². The molecule has 0 N–H and O–H groups in total. The van der Waals surface area contributed by atoms with E-state index in [1.165, 1.54) is 28.1 Å². The van der Waals surface area contributed by atoms with Crippen molar-refractivity contribution in [3.63, 3.8) is 0 Å². The molecule has 0 unspecified atom stereocenters. The zero-order chi connectivity index (χ0) is 19.7. The molecule has 0 aliphatic carbocycles. The molecule has 0 saturated heterocycles. The number of rotatable bonds is 4. The van der Waals surface area contributed by atoms with E-state index in [9.17, 15) is 14.4 Å². The van der Waals surface area contributed by atoms with Gasteiger partial charge >= 0.3 is 5.69 Å².